The Morgan fingerprint density at radius 2 is 2.11 bits per heavy atom. The third-order valence-electron chi connectivity index (χ3n) is 5.64. The van der Waals surface area contributed by atoms with Crippen molar-refractivity contribution in [2.45, 2.75) is 43.9 Å². The Balaban J connectivity index is 1.52. The molecule has 0 radical (unpaired) electrons. The summed E-state index contributed by atoms with van der Waals surface area (Å²) in [4.78, 5) is 26.1. The first-order valence-electron chi connectivity index (χ1n) is 9.85. The van der Waals surface area contributed by atoms with Gasteiger partial charge in [0.1, 0.15) is 4.90 Å². The van der Waals surface area contributed by atoms with Crippen molar-refractivity contribution in [2.24, 2.45) is 13.0 Å². The molecule has 1 atom stereocenters. The van der Waals surface area contributed by atoms with Crippen LogP contribution in [0.5, 0.6) is 0 Å². The maximum atomic E-state index is 12.9. The number of rotatable bonds is 7. The summed E-state index contributed by atoms with van der Waals surface area (Å²) < 4.78 is 28.8. The van der Waals surface area contributed by atoms with Crippen LogP contribution in [0.25, 0.3) is 0 Å². The fraction of sp³-hybridized carbons (Fsp3) is 0.722. The zero-order valence-electron chi connectivity index (χ0n) is 16.6. The molecule has 10 heteroatoms. The second-order valence-electron chi connectivity index (χ2n) is 7.55. The highest BCUT2D eigenvalue weighted by Crippen LogP contribution is 2.25. The number of nitrogens with zero attached hydrogens (tertiary/aromatic N) is 4. The van der Waals surface area contributed by atoms with Crippen LogP contribution in [-0.2, 0) is 26.7 Å². The molecule has 0 spiro atoms. The predicted octanol–water partition coefficient (Wildman–Crippen LogP) is 0.258. The summed E-state index contributed by atoms with van der Waals surface area (Å²) in [6.07, 6.45) is 4.94. The number of sulfonamides is 1. The number of amides is 2. The molecule has 3 heterocycles. The Labute approximate surface area is 166 Å². The van der Waals surface area contributed by atoms with Gasteiger partial charge in [-0.3, -0.25) is 14.3 Å². The van der Waals surface area contributed by atoms with Gasteiger partial charge in [0.25, 0.3) is 0 Å². The number of nitrogens with one attached hydrogen (secondary N) is 1. The third kappa shape index (κ3) is 4.38. The molecule has 2 aliphatic rings. The summed E-state index contributed by atoms with van der Waals surface area (Å²) in [6, 6.07) is 0. The largest absolute Gasteiger partial charge is 0.356 e. The van der Waals surface area contributed by atoms with Gasteiger partial charge < -0.3 is 10.2 Å². The van der Waals surface area contributed by atoms with Gasteiger partial charge in [-0.1, -0.05) is 0 Å². The first-order chi connectivity index (χ1) is 13.3. The van der Waals surface area contributed by atoms with E-state index in [0.29, 0.717) is 51.0 Å². The Bertz CT molecular complexity index is 835. The van der Waals surface area contributed by atoms with Gasteiger partial charge in [0.2, 0.25) is 21.8 Å². The molecular formula is C18H29N5O4S. The van der Waals surface area contributed by atoms with E-state index in [1.807, 2.05) is 4.90 Å². The fourth-order valence-corrected chi connectivity index (χ4v) is 5.52. The molecule has 0 aliphatic carbocycles. The number of carbonyl (C=O) groups excluding carboxylic acids is 2. The molecule has 0 bridgehead atoms. The van der Waals surface area contributed by atoms with Crippen molar-refractivity contribution in [3.63, 3.8) is 0 Å². The minimum absolute atomic E-state index is 0.115. The topological polar surface area (TPSA) is 105 Å². The molecule has 2 aliphatic heterocycles. The van der Waals surface area contributed by atoms with Crippen molar-refractivity contribution in [1.29, 1.82) is 0 Å². The molecule has 1 N–H and O–H groups in total. The van der Waals surface area contributed by atoms with Crippen LogP contribution in [0, 0.1) is 12.8 Å². The average molecular weight is 412 g/mol. The van der Waals surface area contributed by atoms with Crippen LogP contribution in [-0.4, -0.2) is 71.9 Å². The van der Waals surface area contributed by atoms with Gasteiger partial charge in [0.05, 0.1) is 17.8 Å². The molecule has 2 saturated heterocycles. The SMILES string of the molecule is Cc1c(S(=O)(=O)N2CCC[C@@H](C(=O)NCCCN3CCCC3=O)C2)cnn1C. The quantitative estimate of drug-likeness (QED) is 0.648. The predicted molar refractivity (Wildman–Crippen MR) is 103 cm³/mol. The lowest BCUT2D eigenvalue weighted by Crippen LogP contribution is -2.45. The minimum atomic E-state index is -3.65. The van der Waals surface area contributed by atoms with E-state index < -0.39 is 10.0 Å². The molecular weight excluding hydrogens is 382 g/mol. The lowest BCUT2D eigenvalue weighted by atomic mass is 9.99. The van der Waals surface area contributed by atoms with Gasteiger partial charge in [-0.15, -0.1) is 0 Å². The zero-order valence-corrected chi connectivity index (χ0v) is 17.4. The van der Waals surface area contributed by atoms with Crippen LogP contribution in [0.15, 0.2) is 11.1 Å². The Kier molecular flexibility index (Phi) is 6.39. The lowest BCUT2D eigenvalue weighted by Gasteiger charge is -2.31. The maximum absolute atomic E-state index is 12.9. The molecule has 28 heavy (non-hydrogen) atoms. The van der Waals surface area contributed by atoms with Crippen molar-refractivity contribution in [3.05, 3.63) is 11.9 Å². The molecule has 2 fully saturated rings. The van der Waals surface area contributed by atoms with Crippen LogP contribution in [0.3, 0.4) is 0 Å². The molecule has 0 aromatic carbocycles. The lowest BCUT2D eigenvalue weighted by molar-refractivity contribution is -0.127. The van der Waals surface area contributed by atoms with Gasteiger partial charge in [0.15, 0.2) is 0 Å². The number of hydrogen-bond donors (Lipinski definition) is 1. The molecule has 3 rings (SSSR count). The number of aromatic nitrogens is 2. The zero-order chi connectivity index (χ0) is 20.3. The summed E-state index contributed by atoms with van der Waals surface area (Å²) >= 11 is 0. The van der Waals surface area contributed by atoms with Crippen LogP contribution >= 0.6 is 0 Å². The molecule has 9 nitrogen and oxygen atoms in total. The van der Waals surface area contributed by atoms with Gasteiger partial charge >= 0.3 is 0 Å². The van der Waals surface area contributed by atoms with Gasteiger partial charge in [-0.25, -0.2) is 8.42 Å². The monoisotopic (exact) mass is 411 g/mol. The molecule has 2 amide bonds. The highest BCUT2D eigenvalue weighted by Gasteiger charge is 2.34. The highest BCUT2D eigenvalue weighted by atomic mass is 32.2. The fourth-order valence-electron chi connectivity index (χ4n) is 3.81. The maximum Gasteiger partial charge on any atom is 0.246 e. The number of likely N-dealkylation sites (tertiary alicyclic amines) is 1. The van der Waals surface area contributed by atoms with Gasteiger partial charge in [0, 0.05) is 46.2 Å². The summed E-state index contributed by atoms with van der Waals surface area (Å²) in [5.74, 6) is -0.283. The molecule has 0 saturated carbocycles. The van der Waals surface area contributed by atoms with Gasteiger partial charge in [-0.05, 0) is 32.6 Å². The normalized spacial score (nSPS) is 21.3. The summed E-state index contributed by atoms with van der Waals surface area (Å²) in [5.41, 5.74) is 0.586. The Hall–Kier alpha value is -1.94. The van der Waals surface area contributed by atoms with E-state index in [9.17, 15) is 18.0 Å². The van der Waals surface area contributed by atoms with E-state index in [2.05, 4.69) is 10.4 Å². The third-order valence-corrected chi connectivity index (χ3v) is 7.61. The van der Waals surface area contributed by atoms with Crippen molar-refractivity contribution >= 4 is 21.8 Å². The van der Waals surface area contributed by atoms with Crippen molar-refractivity contribution in [1.82, 2.24) is 24.3 Å². The summed E-state index contributed by atoms with van der Waals surface area (Å²) in [5, 5.41) is 6.93. The summed E-state index contributed by atoms with van der Waals surface area (Å²) in [6.45, 7) is 4.28. The van der Waals surface area contributed by atoms with Crippen molar-refractivity contribution in [3.8, 4) is 0 Å². The first kappa shape index (κ1) is 20.8. The highest BCUT2D eigenvalue weighted by molar-refractivity contribution is 7.89. The van der Waals surface area contributed by atoms with Crippen molar-refractivity contribution < 1.29 is 18.0 Å². The van der Waals surface area contributed by atoms with Crippen LogP contribution < -0.4 is 5.32 Å². The second-order valence-corrected chi connectivity index (χ2v) is 9.46. The standard InChI is InChI=1S/C18H29N5O4S/c1-14-16(12-20-21(14)2)28(26,27)23-11-3-6-15(13-23)18(25)19-8-5-10-22-9-4-7-17(22)24/h12,15H,3-11,13H2,1-2H3,(H,19,25)/t15-/m1/s1. The minimum Gasteiger partial charge on any atom is -0.356 e. The second kappa shape index (κ2) is 8.60. The number of piperidine rings is 1. The first-order valence-corrected chi connectivity index (χ1v) is 11.3. The molecule has 0 unspecified atom stereocenters. The average Bonchev–Trinajstić information content (AvgIpc) is 3.24. The number of hydrogen-bond acceptors (Lipinski definition) is 5. The number of aryl methyl sites for hydroxylation is 1. The van der Waals surface area contributed by atoms with E-state index >= 15 is 0 Å². The van der Waals surface area contributed by atoms with E-state index in [1.165, 1.54) is 15.2 Å². The summed E-state index contributed by atoms with van der Waals surface area (Å²) in [7, 11) is -1.95. The Morgan fingerprint density at radius 1 is 1.32 bits per heavy atom. The van der Waals surface area contributed by atoms with E-state index in [0.717, 1.165) is 13.0 Å². The molecule has 1 aromatic heterocycles. The smallest absolute Gasteiger partial charge is 0.246 e. The molecule has 1 aromatic rings. The van der Waals surface area contributed by atoms with Crippen LogP contribution in [0.4, 0.5) is 0 Å². The van der Waals surface area contributed by atoms with Crippen molar-refractivity contribution in [2.75, 3.05) is 32.7 Å². The van der Waals surface area contributed by atoms with Crippen LogP contribution in [0.1, 0.15) is 37.8 Å². The van der Waals surface area contributed by atoms with E-state index in [4.69, 9.17) is 0 Å². The van der Waals surface area contributed by atoms with E-state index in [-0.39, 0.29) is 29.2 Å². The van der Waals surface area contributed by atoms with Crippen LogP contribution in [0.2, 0.25) is 0 Å². The molecule has 156 valence electrons. The van der Waals surface area contributed by atoms with Gasteiger partial charge in [-0.2, -0.15) is 9.40 Å². The van der Waals surface area contributed by atoms with E-state index in [1.54, 1.807) is 14.0 Å². The number of carbonyl (C=O) groups is 2. The Morgan fingerprint density at radius 3 is 2.75 bits per heavy atom.